The van der Waals surface area contributed by atoms with Crippen LogP contribution in [0.5, 0.6) is 0 Å². The molecule has 0 atom stereocenters. The average molecular weight is 883 g/mol. The summed E-state index contributed by atoms with van der Waals surface area (Å²) >= 11 is 0. The Hall–Kier alpha value is -8.35. The third-order valence-corrected chi connectivity index (χ3v) is 13.9. The summed E-state index contributed by atoms with van der Waals surface area (Å²) in [7, 11) is 4.27. The lowest BCUT2D eigenvalue weighted by atomic mass is 9.85. The van der Waals surface area contributed by atoms with Gasteiger partial charge in [0.05, 0.1) is 41.9 Å². The van der Waals surface area contributed by atoms with Gasteiger partial charge in [-0.2, -0.15) is 0 Å². The minimum absolute atomic E-state index is 0.0275. The number of carbonyl (C=O) groups is 1. The standard InChI is InChI=1S/C62H50N4O2/c1-40(67)30-47(68)27-24-41-14-4-5-15-48(41)44-31-45(51-18-8-6-16-49(51)42-25-28-59-57(34-42)53-20-10-12-22-55(53)61-36-63(2)38-65(59)61)33-46(32-44)52-19-9-7-17-50(52)43-26-29-60-58(35-43)54-21-11-13-23-56(54)62-37-64(3)39-66(60)62/h4-23,25-26,28-37,67H,24,27,38-39H2,1-3H3/b40-30-. The number of hydrogen-bond acceptors (Lipinski definition) is 6. The Morgan fingerprint density at radius 3 is 1.29 bits per heavy atom. The van der Waals surface area contributed by atoms with Crippen molar-refractivity contribution in [2.45, 2.75) is 19.8 Å². The fourth-order valence-electron chi connectivity index (χ4n) is 10.9. The Morgan fingerprint density at radius 1 is 0.456 bits per heavy atom. The van der Waals surface area contributed by atoms with Crippen LogP contribution in [0.1, 0.15) is 30.0 Å². The molecule has 0 amide bonds. The first-order valence-electron chi connectivity index (χ1n) is 23.5. The first-order chi connectivity index (χ1) is 33.3. The quantitative estimate of drug-likeness (QED) is 0.115. The van der Waals surface area contributed by atoms with E-state index in [-0.39, 0.29) is 11.5 Å². The second-order valence-electron chi connectivity index (χ2n) is 18.5. The fraction of sp³-hybridized carbons (Fsp3) is 0.113. The van der Waals surface area contributed by atoms with Gasteiger partial charge in [0.15, 0.2) is 5.78 Å². The lowest BCUT2D eigenvalue weighted by molar-refractivity contribution is -0.114. The monoisotopic (exact) mass is 882 g/mol. The molecule has 0 saturated heterocycles. The van der Waals surface area contributed by atoms with E-state index in [0.717, 1.165) is 74.5 Å². The van der Waals surface area contributed by atoms with E-state index in [9.17, 15) is 9.90 Å². The number of aliphatic hydroxyl groups is 1. The van der Waals surface area contributed by atoms with Crippen LogP contribution in [-0.2, 0) is 11.2 Å². The SMILES string of the molecule is C/C(O)=C/C(=O)CCc1ccccc1-c1cc(-c2ccccc2-c2ccc3c(c2)-c2ccccc2C2=CN(C)CN23)cc(-c2ccccc2-c2ccc3c(c2)-c2ccccc2C2=CN(C)CN23)c1. The highest BCUT2D eigenvalue weighted by Gasteiger charge is 2.33. The third kappa shape index (κ3) is 7.08. The predicted octanol–water partition coefficient (Wildman–Crippen LogP) is 14.4. The minimum Gasteiger partial charge on any atom is -0.512 e. The first-order valence-corrected chi connectivity index (χ1v) is 23.5. The van der Waals surface area contributed by atoms with Gasteiger partial charge in [0.2, 0.25) is 0 Å². The Kier molecular flexibility index (Phi) is 9.98. The number of allylic oxidation sites excluding steroid dienone is 2. The number of anilines is 2. The Morgan fingerprint density at radius 2 is 0.838 bits per heavy atom. The highest BCUT2D eigenvalue weighted by molar-refractivity contribution is 6.03. The van der Waals surface area contributed by atoms with E-state index >= 15 is 0 Å². The highest BCUT2D eigenvalue weighted by Crippen LogP contribution is 2.50. The first kappa shape index (κ1) is 41.1. The van der Waals surface area contributed by atoms with Crippen molar-refractivity contribution in [2.75, 3.05) is 37.2 Å². The molecule has 12 rings (SSSR count). The van der Waals surface area contributed by atoms with Crippen LogP contribution >= 0.6 is 0 Å². The van der Waals surface area contributed by atoms with Crippen LogP contribution < -0.4 is 9.80 Å². The molecule has 330 valence electrons. The minimum atomic E-state index is -0.0922. The maximum absolute atomic E-state index is 12.9. The van der Waals surface area contributed by atoms with E-state index in [2.05, 4.69) is 216 Å². The zero-order valence-electron chi connectivity index (χ0n) is 38.4. The van der Waals surface area contributed by atoms with Crippen LogP contribution in [0.25, 0.3) is 89.3 Å². The molecule has 0 spiro atoms. The molecule has 0 unspecified atom stereocenters. The lowest BCUT2D eigenvalue weighted by Gasteiger charge is -2.32. The molecular weight excluding hydrogens is 833 g/mol. The van der Waals surface area contributed by atoms with Crippen LogP contribution in [0.3, 0.4) is 0 Å². The summed E-state index contributed by atoms with van der Waals surface area (Å²) in [5.74, 6) is -0.0647. The molecule has 0 saturated carbocycles. The highest BCUT2D eigenvalue weighted by atomic mass is 16.3. The summed E-state index contributed by atoms with van der Waals surface area (Å²) in [5, 5.41) is 9.86. The molecule has 0 radical (unpaired) electrons. The van der Waals surface area contributed by atoms with Gasteiger partial charge in [-0.05, 0) is 128 Å². The molecule has 0 fully saturated rings. The Balaban J connectivity index is 1.02. The normalized spacial score (nSPS) is 14.4. The zero-order valence-corrected chi connectivity index (χ0v) is 38.4. The number of aliphatic hydroxyl groups excluding tert-OH is 1. The van der Waals surface area contributed by atoms with E-state index in [4.69, 9.17) is 0 Å². The molecule has 8 aromatic rings. The van der Waals surface area contributed by atoms with E-state index in [0.29, 0.717) is 12.8 Å². The Labute approximate surface area is 398 Å². The van der Waals surface area contributed by atoms with Crippen molar-refractivity contribution in [1.82, 2.24) is 9.80 Å². The van der Waals surface area contributed by atoms with Crippen molar-refractivity contribution >= 4 is 28.6 Å². The lowest BCUT2D eigenvalue weighted by Crippen LogP contribution is -2.26. The van der Waals surface area contributed by atoms with Gasteiger partial charge in [0, 0.05) is 61.2 Å². The van der Waals surface area contributed by atoms with E-state index < -0.39 is 0 Å². The average Bonchev–Trinajstić information content (AvgIpc) is 3.98. The van der Waals surface area contributed by atoms with Crippen LogP contribution in [0.4, 0.5) is 11.4 Å². The largest absolute Gasteiger partial charge is 0.512 e. The molecule has 0 aliphatic carbocycles. The molecule has 4 aliphatic heterocycles. The number of nitrogens with zero attached hydrogens (tertiary/aromatic N) is 4. The molecule has 68 heavy (non-hydrogen) atoms. The van der Waals surface area contributed by atoms with E-state index in [1.807, 2.05) is 6.07 Å². The number of carbonyl (C=O) groups excluding carboxylic acids is 1. The van der Waals surface area contributed by atoms with E-state index in [1.165, 1.54) is 62.2 Å². The summed E-state index contributed by atoms with van der Waals surface area (Å²) in [5.41, 5.74) is 24.7. The number of aryl methyl sites for hydroxylation is 1. The van der Waals surface area contributed by atoms with Crippen molar-refractivity contribution in [1.29, 1.82) is 0 Å². The smallest absolute Gasteiger partial charge is 0.159 e. The molecule has 4 heterocycles. The van der Waals surface area contributed by atoms with Crippen LogP contribution in [0, 0.1) is 0 Å². The summed E-state index contributed by atoms with van der Waals surface area (Å²) in [6, 6.07) is 64.5. The topological polar surface area (TPSA) is 50.3 Å². The summed E-state index contributed by atoms with van der Waals surface area (Å²) in [6.45, 7) is 3.16. The van der Waals surface area contributed by atoms with E-state index in [1.54, 1.807) is 6.92 Å². The van der Waals surface area contributed by atoms with Crippen LogP contribution in [-0.4, -0.2) is 48.1 Å². The molecule has 6 heteroatoms. The van der Waals surface area contributed by atoms with Crippen molar-refractivity contribution in [3.05, 3.63) is 217 Å². The maximum Gasteiger partial charge on any atom is 0.159 e. The predicted molar refractivity (Wildman–Crippen MR) is 280 cm³/mol. The number of fused-ring (bicyclic) bond motifs is 12. The van der Waals surface area contributed by atoms with Crippen molar-refractivity contribution < 1.29 is 9.90 Å². The second-order valence-corrected chi connectivity index (χ2v) is 18.5. The summed E-state index contributed by atoms with van der Waals surface area (Å²) < 4.78 is 0. The molecular formula is C62H50N4O2. The van der Waals surface area contributed by atoms with Gasteiger partial charge in [-0.3, -0.25) is 4.79 Å². The third-order valence-electron chi connectivity index (χ3n) is 13.9. The number of rotatable bonds is 9. The number of hydrogen-bond donors (Lipinski definition) is 1. The van der Waals surface area contributed by atoms with Gasteiger partial charge < -0.3 is 24.7 Å². The van der Waals surface area contributed by atoms with Crippen molar-refractivity contribution in [2.24, 2.45) is 0 Å². The summed E-state index contributed by atoms with van der Waals surface area (Å²) in [6.07, 6.45) is 6.67. The molecule has 8 aromatic carbocycles. The molecule has 6 nitrogen and oxygen atoms in total. The van der Waals surface area contributed by atoms with Gasteiger partial charge in [0.25, 0.3) is 0 Å². The number of ketones is 1. The van der Waals surface area contributed by atoms with Gasteiger partial charge in [-0.25, -0.2) is 0 Å². The van der Waals surface area contributed by atoms with Crippen LogP contribution in [0.15, 0.2) is 200 Å². The molecule has 0 bridgehead atoms. The van der Waals surface area contributed by atoms with Gasteiger partial charge in [0.1, 0.15) is 0 Å². The maximum atomic E-state index is 12.9. The summed E-state index contributed by atoms with van der Waals surface area (Å²) in [4.78, 5) is 22.2. The van der Waals surface area contributed by atoms with Gasteiger partial charge >= 0.3 is 0 Å². The molecule has 1 N–H and O–H groups in total. The zero-order chi connectivity index (χ0) is 46.0. The van der Waals surface area contributed by atoms with Gasteiger partial charge in [-0.15, -0.1) is 0 Å². The fourth-order valence-corrected chi connectivity index (χ4v) is 10.9. The number of benzene rings is 8. The Bertz CT molecular complexity index is 3280. The van der Waals surface area contributed by atoms with Gasteiger partial charge in [-0.1, -0.05) is 133 Å². The second kappa shape index (κ2) is 16.5. The molecule has 4 aliphatic rings. The van der Waals surface area contributed by atoms with Crippen molar-refractivity contribution in [3.63, 3.8) is 0 Å². The van der Waals surface area contributed by atoms with Crippen molar-refractivity contribution in [3.8, 4) is 77.9 Å². The molecule has 0 aromatic heterocycles. The van der Waals surface area contributed by atoms with Crippen LogP contribution in [0.2, 0.25) is 0 Å².